The molecular formula is C101H167O9P. The molecule has 5 N–H and O–H groups in total. The Labute approximate surface area is 683 Å². The molecular weight excluding hydrogens is 1390 g/mol. The summed E-state index contributed by atoms with van der Waals surface area (Å²) in [5.74, 6) is 0.224. The normalized spacial score (nSPS) is 19.8. The number of allylic oxidation sites excluding steroid dienone is 36. The van der Waals surface area contributed by atoms with Crippen LogP contribution in [0, 0.1) is 5.92 Å². The number of hydrogen-bond donors (Lipinski definition) is 5. The number of aliphatic hydroxyl groups excluding tert-OH is 4. The van der Waals surface area contributed by atoms with E-state index >= 15 is 0 Å². The number of hydrogen-bond acceptors (Lipinski definition) is 8. The lowest BCUT2D eigenvalue weighted by atomic mass is 10.00. The van der Waals surface area contributed by atoms with Gasteiger partial charge in [0.15, 0.2) is 6.29 Å². The number of phosphoric ester groups is 1. The molecule has 1 saturated heterocycles. The molecule has 0 aromatic rings. The molecule has 0 saturated carbocycles. The Bertz CT molecular complexity index is 3250. The Hall–Kier alpha value is -4.77. The Morgan fingerprint density at radius 2 is 0.486 bits per heavy atom. The fourth-order valence-electron chi connectivity index (χ4n) is 13.5. The number of ether oxygens (including phenoxy) is 1. The van der Waals surface area contributed by atoms with Crippen LogP contribution in [0.5, 0.6) is 0 Å². The molecule has 9 nitrogen and oxygen atoms in total. The molecule has 1 fully saturated rings. The summed E-state index contributed by atoms with van der Waals surface area (Å²) in [4.78, 5) is 10.2. The molecule has 111 heavy (non-hydrogen) atoms. The van der Waals surface area contributed by atoms with Gasteiger partial charge in [-0.1, -0.05) is 217 Å². The number of aliphatic hydroxyl groups is 4. The van der Waals surface area contributed by atoms with Gasteiger partial charge in [-0.25, -0.2) is 4.57 Å². The zero-order chi connectivity index (χ0) is 82.8. The van der Waals surface area contributed by atoms with Crippen LogP contribution >= 0.6 is 7.82 Å². The molecule has 0 aromatic carbocycles. The Morgan fingerprint density at radius 3 is 0.676 bits per heavy atom. The molecule has 1 aliphatic heterocycles. The molecule has 10 heteroatoms. The first-order valence-electron chi connectivity index (χ1n) is 43.5. The molecule has 0 amide bonds. The van der Waals surface area contributed by atoms with E-state index < -0.39 is 45.1 Å². The summed E-state index contributed by atoms with van der Waals surface area (Å²) in [5, 5.41) is 39.3. The predicted molar refractivity (Wildman–Crippen MR) is 484 cm³/mol. The standard InChI is InChI=1S/C101H167O9P/c1-78(2)39-21-40-79(3)41-22-42-80(4)43-23-44-81(5)45-24-46-82(6)47-25-48-83(7)49-26-50-84(8)51-27-52-85(9)53-28-54-86(10)55-29-56-87(11)57-30-58-88(12)59-31-60-89(13)61-32-62-90(14)63-33-64-91(15)65-34-66-92(16)67-35-68-93(17)69-36-70-94(18)71-37-72-95(19)73-38-74-96(20)75-76-108-111(106,107)110-101-100(105)99(104)98(103)97(77-102)109-101/h39,41,43,45,47,49,51,53,55,57,59,61,63,65,67,69,71,73,96-105H,21-38,40,42,44,46,48,50,52,54,56,58,60,62,64,66,68,70,72,74-77H2,1-20H3,(H,106,107)/b79-41+,80-43+,81-45+,82-47+,83-49+,84-51+,85-53+,86-55+,87-57+,88-59+,89-61+,90-63+,91-65+,92-67+,93-69+,94-71+,95-73+/t96?,97-,98-,99+,100+,101-/m1/s1. The van der Waals surface area contributed by atoms with Gasteiger partial charge >= 0.3 is 7.82 Å². The molecule has 1 rings (SSSR count). The maximum Gasteiger partial charge on any atom is 0.474 e. The summed E-state index contributed by atoms with van der Waals surface area (Å²) < 4.78 is 27.6. The van der Waals surface area contributed by atoms with E-state index in [-0.39, 0.29) is 12.5 Å². The predicted octanol–water partition coefficient (Wildman–Crippen LogP) is 30.0. The third kappa shape index (κ3) is 59.5. The maximum atomic E-state index is 12.5. The average Bonchev–Trinajstić information content (AvgIpc) is 0.808. The first-order valence-corrected chi connectivity index (χ1v) is 45.0. The summed E-state index contributed by atoms with van der Waals surface area (Å²) >= 11 is 0. The van der Waals surface area contributed by atoms with Crippen LogP contribution in [-0.4, -0.2) is 69.2 Å². The van der Waals surface area contributed by atoms with Crippen molar-refractivity contribution in [2.45, 2.75) is 407 Å². The van der Waals surface area contributed by atoms with Crippen molar-refractivity contribution in [3.8, 4) is 0 Å². The first-order chi connectivity index (χ1) is 52.8. The number of phosphoric acid groups is 1. The molecule has 0 spiro atoms. The molecule has 1 aliphatic rings. The molecule has 0 aliphatic carbocycles. The summed E-state index contributed by atoms with van der Waals surface area (Å²) in [6.45, 7) is 44.6. The van der Waals surface area contributed by atoms with Crippen molar-refractivity contribution in [3.63, 3.8) is 0 Å². The largest absolute Gasteiger partial charge is 0.474 e. The second kappa shape index (κ2) is 64.4. The van der Waals surface area contributed by atoms with Crippen molar-refractivity contribution in [2.75, 3.05) is 13.2 Å². The van der Waals surface area contributed by atoms with Crippen molar-refractivity contribution >= 4 is 7.82 Å². The SMILES string of the molecule is CC(C)=CCC/C(C)=C/CC/C(C)=C/CC/C(C)=C/CC/C(C)=C/CC/C(C)=C/CC/C(C)=C/CC/C(C)=C/CC/C(C)=C/CC/C(C)=C/CC/C(C)=C/CC/C(C)=C/CC/C(C)=C/CC/C(C)=C/CC/C(C)=C/CC/C(C)=C/CC/C(C)=C/CC/C(C)=C/CCC(C)CCOP(=O)(O)O[C@H]1O[C@H](CO)[C@@H](O)[C@H](O)[C@@H]1O. The quantitative estimate of drug-likeness (QED) is 0.0297. The van der Waals surface area contributed by atoms with Crippen molar-refractivity contribution in [2.24, 2.45) is 5.92 Å². The van der Waals surface area contributed by atoms with Crippen LogP contribution in [0.4, 0.5) is 0 Å². The zero-order valence-electron chi connectivity index (χ0n) is 74.7. The third-order valence-electron chi connectivity index (χ3n) is 21.7. The summed E-state index contributed by atoms with van der Waals surface area (Å²) in [6, 6.07) is 0. The molecule has 7 atom stereocenters. The van der Waals surface area contributed by atoms with Gasteiger partial charge in [0.1, 0.15) is 24.4 Å². The van der Waals surface area contributed by atoms with Crippen LogP contribution in [0.2, 0.25) is 0 Å². The van der Waals surface area contributed by atoms with Crippen molar-refractivity contribution < 1.29 is 43.7 Å². The van der Waals surface area contributed by atoms with Gasteiger partial charge in [-0.2, -0.15) is 0 Å². The summed E-state index contributed by atoms with van der Waals surface area (Å²) in [7, 11) is -4.64. The van der Waals surface area contributed by atoms with Gasteiger partial charge in [0.2, 0.25) is 0 Å². The van der Waals surface area contributed by atoms with Gasteiger partial charge in [0.05, 0.1) is 13.2 Å². The van der Waals surface area contributed by atoms with Crippen LogP contribution < -0.4 is 0 Å². The lowest BCUT2D eigenvalue weighted by Crippen LogP contribution is -2.58. The van der Waals surface area contributed by atoms with Crippen molar-refractivity contribution in [1.29, 1.82) is 0 Å². The first kappa shape index (κ1) is 104. The van der Waals surface area contributed by atoms with Gasteiger partial charge < -0.3 is 30.1 Å². The minimum Gasteiger partial charge on any atom is -0.394 e. The Kier molecular flexibility index (Phi) is 60.5. The monoisotopic (exact) mass is 1560 g/mol. The van der Waals surface area contributed by atoms with Gasteiger partial charge in [-0.05, 0) is 375 Å². The molecule has 0 radical (unpaired) electrons. The van der Waals surface area contributed by atoms with E-state index in [1.54, 1.807) is 0 Å². The Morgan fingerprint density at radius 1 is 0.297 bits per heavy atom. The second-order valence-corrected chi connectivity index (χ2v) is 35.3. The van der Waals surface area contributed by atoms with E-state index in [1.165, 1.54) is 126 Å². The minimum atomic E-state index is -4.64. The highest BCUT2D eigenvalue weighted by atomic mass is 31.2. The zero-order valence-corrected chi connectivity index (χ0v) is 75.6. The lowest BCUT2D eigenvalue weighted by Gasteiger charge is -2.39. The second-order valence-electron chi connectivity index (χ2n) is 33.9. The average molecular weight is 1560 g/mol. The molecule has 0 bridgehead atoms. The highest BCUT2D eigenvalue weighted by Crippen LogP contribution is 2.47. The fraction of sp³-hybridized carbons (Fsp3) is 0.644. The van der Waals surface area contributed by atoms with E-state index in [1.807, 2.05) is 0 Å². The van der Waals surface area contributed by atoms with Crippen LogP contribution in [0.25, 0.3) is 0 Å². The van der Waals surface area contributed by atoms with Gasteiger partial charge in [-0.15, -0.1) is 0 Å². The highest BCUT2D eigenvalue weighted by molar-refractivity contribution is 7.47. The minimum absolute atomic E-state index is 0.0473. The summed E-state index contributed by atoms with van der Waals surface area (Å²) in [5.41, 5.74) is 26.9. The lowest BCUT2D eigenvalue weighted by molar-refractivity contribution is -0.281. The van der Waals surface area contributed by atoms with Crippen molar-refractivity contribution in [1.82, 2.24) is 0 Å². The van der Waals surface area contributed by atoms with Gasteiger partial charge in [-0.3, -0.25) is 9.05 Å². The van der Waals surface area contributed by atoms with E-state index in [0.29, 0.717) is 6.42 Å². The van der Waals surface area contributed by atoms with Crippen molar-refractivity contribution in [3.05, 3.63) is 210 Å². The van der Waals surface area contributed by atoms with Gasteiger partial charge in [0.25, 0.3) is 0 Å². The molecule has 1 heterocycles. The van der Waals surface area contributed by atoms with Crippen LogP contribution in [0.15, 0.2) is 210 Å². The third-order valence-corrected chi connectivity index (χ3v) is 22.7. The fourth-order valence-corrected chi connectivity index (χ4v) is 14.3. The maximum absolute atomic E-state index is 12.5. The number of rotatable bonds is 61. The van der Waals surface area contributed by atoms with Crippen LogP contribution in [-0.2, 0) is 18.3 Å². The topological polar surface area (TPSA) is 146 Å². The van der Waals surface area contributed by atoms with Gasteiger partial charge in [0, 0.05) is 0 Å². The van der Waals surface area contributed by atoms with Crippen LogP contribution in [0.1, 0.15) is 376 Å². The van der Waals surface area contributed by atoms with E-state index in [0.717, 1.165) is 205 Å². The molecule has 630 valence electrons. The van der Waals surface area contributed by atoms with E-state index in [9.17, 15) is 29.9 Å². The molecule has 2 unspecified atom stereocenters. The Balaban J connectivity index is 2.23. The summed E-state index contributed by atoms with van der Waals surface area (Å²) in [6.07, 6.45) is 76.6. The molecule has 0 aromatic heterocycles. The smallest absolute Gasteiger partial charge is 0.394 e. The van der Waals surface area contributed by atoms with E-state index in [4.69, 9.17) is 13.8 Å². The van der Waals surface area contributed by atoms with E-state index in [2.05, 4.69) is 248 Å². The highest BCUT2D eigenvalue weighted by Gasteiger charge is 2.47. The van der Waals surface area contributed by atoms with Crippen LogP contribution in [0.3, 0.4) is 0 Å².